The van der Waals surface area contributed by atoms with Gasteiger partial charge in [0.2, 0.25) is 0 Å². The molecule has 2 aromatic rings. The van der Waals surface area contributed by atoms with Crippen molar-refractivity contribution in [3.63, 3.8) is 0 Å². The van der Waals surface area contributed by atoms with Crippen LogP contribution < -0.4 is 0 Å². The summed E-state index contributed by atoms with van der Waals surface area (Å²) in [5.74, 6) is 0. The van der Waals surface area contributed by atoms with Gasteiger partial charge in [0, 0.05) is 0 Å². The van der Waals surface area contributed by atoms with Crippen LogP contribution in [0.3, 0.4) is 0 Å². The maximum absolute atomic E-state index is 9.85. The van der Waals surface area contributed by atoms with E-state index in [2.05, 4.69) is 24.3 Å². The zero-order valence-electron chi connectivity index (χ0n) is 7.05. The summed E-state index contributed by atoms with van der Waals surface area (Å²) in [6.07, 6.45) is 0. The van der Waals surface area contributed by atoms with Gasteiger partial charge in [-0.25, -0.2) is 0 Å². The van der Waals surface area contributed by atoms with Gasteiger partial charge in [0.1, 0.15) is 0 Å². The van der Waals surface area contributed by atoms with Crippen LogP contribution in [0.25, 0.3) is 10.8 Å². The van der Waals surface area contributed by atoms with Crippen LogP contribution in [-0.2, 0) is 0 Å². The molecular weight excluding hydrogens is 329 g/mol. The number of halogens is 3. The Balaban J connectivity index is 0.000000213. The first-order valence-corrected chi connectivity index (χ1v) is 6.49. The Morgan fingerprint density at radius 1 is 0.929 bits per heavy atom. The van der Waals surface area contributed by atoms with Crippen LogP contribution in [0.1, 0.15) is 0 Å². The smallest absolute Gasteiger partial charge is 0.0648 e. The van der Waals surface area contributed by atoms with E-state index in [1.54, 1.807) is 0 Å². The third-order valence-electron chi connectivity index (χ3n) is 1.59. The van der Waals surface area contributed by atoms with Gasteiger partial charge in [-0.3, -0.25) is 0 Å². The zero-order chi connectivity index (χ0) is 10.4. The Morgan fingerprint density at radius 2 is 1.50 bits per heavy atom. The van der Waals surface area contributed by atoms with E-state index in [4.69, 9.17) is 0 Å². The minimum absolute atomic E-state index is 1.25. The molecule has 0 saturated carbocycles. The molecule has 0 fully saturated rings. The Kier molecular flexibility index (Phi) is 5.67. The second kappa shape index (κ2) is 6.54. The topological polar surface area (TPSA) is 0 Å². The summed E-state index contributed by atoms with van der Waals surface area (Å²) < 4.78 is 29.6. The van der Waals surface area contributed by atoms with E-state index in [-0.39, 0.29) is 0 Å². The number of rotatable bonds is 0. The molecule has 4 heteroatoms. The van der Waals surface area contributed by atoms with Crippen molar-refractivity contribution in [2.45, 2.75) is 0 Å². The summed E-state index contributed by atoms with van der Waals surface area (Å²) in [6, 6.07) is 17.3. The van der Waals surface area contributed by atoms with Crippen LogP contribution in [0.2, 0.25) is 0 Å². The molecule has 0 unspecified atom stereocenters. The molecule has 0 aliphatic rings. The third kappa shape index (κ3) is 4.53. The molecule has 0 aromatic heterocycles. The van der Waals surface area contributed by atoms with Crippen LogP contribution >= 0.6 is 0 Å². The van der Waals surface area contributed by atoms with Crippen molar-refractivity contribution < 1.29 is 45.1 Å². The molecule has 0 aliphatic heterocycles. The number of hydrogen-bond donors (Lipinski definition) is 0. The van der Waals surface area contributed by atoms with Crippen LogP contribution in [0.4, 0.5) is 0.0763 Å². The Labute approximate surface area is 103 Å². The molecule has 0 spiro atoms. The quantitative estimate of drug-likeness (QED) is 0.640. The van der Waals surface area contributed by atoms with Gasteiger partial charge >= 0.3 is 45.1 Å². The van der Waals surface area contributed by atoms with Crippen molar-refractivity contribution in [3.05, 3.63) is 48.5 Å². The van der Waals surface area contributed by atoms with Crippen molar-refractivity contribution in [1.29, 1.82) is 0 Å². The molecule has 0 saturated heterocycles. The Hall–Kier alpha value is 0.0744. The van der Waals surface area contributed by atoms with Gasteiger partial charge in [0.25, 0.3) is 0 Å². The fraction of sp³-hybridized carbons (Fsp3) is 0. The molecule has 2 aromatic carbocycles. The van der Waals surface area contributed by atoms with Gasteiger partial charge in [0.15, 0.2) is 0 Å². The fourth-order valence-electron chi connectivity index (χ4n) is 1.07. The van der Waals surface area contributed by atoms with E-state index in [1.807, 2.05) is 24.3 Å². The molecule has 0 nitrogen and oxygen atoms in total. The van der Waals surface area contributed by atoms with Gasteiger partial charge in [-0.2, -0.15) is 24.3 Å². The van der Waals surface area contributed by atoms with Crippen molar-refractivity contribution in [2.75, 3.05) is 0 Å². The van der Waals surface area contributed by atoms with Gasteiger partial charge in [0.05, 0.1) is 0 Å². The SMILES string of the molecule is [F][Eu]([F])[F].[c-]1ccc2ccccc2c1. The molecule has 76 valence electrons. The van der Waals surface area contributed by atoms with E-state index in [1.165, 1.54) is 10.8 Å². The molecular formula is C10H7EuF3-. The Morgan fingerprint density at radius 3 is 2.07 bits per heavy atom. The molecule has 0 bridgehead atoms. The number of hydrogen-bond acceptors (Lipinski definition) is 0. The molecule has 0 amide bonds. The minimum atomic E-state index is -4.96. The van der Waals surface area contributed by atoms with Gasteiger partial charge < -0.3 is 0 Å². The average Bonchev–Trinajstić information content (AvgIpc) is 2.17. The zero-order valence-corrected chi connectivity index (χ0v) is 9.48. The average molecular weight is 336 g/mol. The Bertz CT molecular complexity index is 322. The van der Waals surface area contributed by atoms with Crippen molar-refractivity contribution >= 4 is 10.8 Å². The van der Waals surface area contributed by atoms with Crippen molar-refractivity contribution in [2.24, 2.45) is 0 Å². The summed E-state index contributed by atoms with van der Waals surface area (Å²) in [5, 5.41) is 2.53. The summed E-state index contributed by atoms with van der Waals surface area (Å²) in [5.41, 5.74) is 0. The van der Waals surface area contributed by atoms with Gasteiger partial charge in [-0.15, -0.1) is 16.8 Å². The van der Waals surface area contributed by atoms with E-state index in [9.17, 15) is 0.0763 Å². The second-order valence-corrected chi connectivity index (χ2v) is 3.47. The standard InChI is InChI=1S/C10H7.Eu.3FH/c1-2-6-10-8-4-3-7-9(10)5-1;;;;/h1-3,5-8H;;3*1H/q-1;+3;;;/p-3. The maximum atomic E-state index is 9.85. The van der Waals surface area contributed by atoms with Crippen molar-refractivity contribution in [1.82, 2.24) is 0 Å². The summed E-state index contributed by atoms with van der Waals surface area (Å²) >= 11 is -4.96. The van der Waals surface area contributed by atoms with E-state index in [0.29, 0.717) is 0 Å². The molecule has 0 radical (unpaired) electrons. The molecule has 0 heterocycles. The minimum Gasteiger partial charge on any atom is -0.183 e. The maximum Gasteiger partial charge on any atom is -0.0648 e. The molecule has 0 N–H and O–H groups in total. The summed E-state index contributed by atoms with van der Waals surface area (Å²) in [6.45, 7) is 0. The first kappa shape index (κ1) is 12.1. The van der Waals surface area contributed by atoms with Crippen LogP contribution in [0.15, 0.2) is 42.5 Å². The normalized spacial score (nSPS) is 10.4. The van der Waals surface area contributed by atoms with E-state index in [0.717, 1.165) is 0 Å². The first-order valence-electron chi connectivity index (χ1n) is 3.74. The van der Waals surface area contributed by atoms with Crippen LogP contribution in [0, 0.1) is 51.1 Å². The number of fused-ring (bicyclic) bond motifs is 1. The first-order chi connectivity index (χ1) is 6.70. The largest absolute Gasteiger partial charge is 0.183 e. The molecule has 0 aliphatic carbocycles. The summed E-state index contributed by atoms with van der Waals surface area (Å²) in [4.78, 5) is 0. The molecule has 2 rings (SSSR count). The fourth-order valence-corrected chi connectivity index (χ4v) is 1.07. The van der Waals surface area contributed by atoms with E-state index < -0.39 is 45.1 Å². The van der Waals surface area contributed by atoms with Gasteiger partial charge in [-0.05, 0) is 0 Å². The van der Waals surface area contributed by atoms with Crippen molar-refractivity contribution in [3.8, 4) is 0 Å². The van der Waals surface area contributed by atoms with Crippen LogP contribution in [0.5, 0.6) is 0 Å². The predicted molar refractivity (Wildman–Crippen MR) is 46.1 cm³/mol. The third-order valence-corrected chi connectivity index (χ3v) is 1.59. The number of benzene rings is 2. The predicted octanol–water partition coefficient (Wildman–Crippen LogP) is 3.90. The molecule has 14 heavy (non-hydrogen) atoms. The molecule has 0 atom stereocenters. The van der Waals surface area contributed by atoms with E-state index >= 15 is 0 Å². The van der Waals surface area contributed by atoms with Gasteiger partial charge in [-0.1, -0.05) is 18.2 Å². The summed E-state index contributed by atoms with van der Waals surface area (Å²) in [7, 11) is 0. The van der Waals surface area contributed by atoms with Crippen LogP contribution in [-0.4, -0.2) is 0 Å². The monoisotopic (exact) mass is 337 g/mol. The second-order valence-electron chi connectivity index (χ2n) is 2.44.